The van der Waals surface area contributed by atoms with E-state index in [0.717, 1.165) is 0 Å². The minimum Gasteiger partial charge on any atom is -0.387 e. The molecule has 0 saturated heterocycles. The highest BCUT2D eigenvalue weighted by Crippen LogP contribution is 2.19. The van der Waals surface area contributed by atoms with Gasteiger partial charge in [0.25, 0.3) is 0 Å². The number of rotatable bonds is 4. The molecule has 0 radical (unpaired) electrons. The van der Waals surface area contributed by atoms with Crippen LogP contribution in [0.3, 0.4) is 0 Å². The molecule has 1 aromatic carbocycles. The minimum absolute atomic E-state index is 0.326. The van der Waals surface area contributed by atoms with Crippen LogP contribution in [0.15, 0.2) is 24.3 Å². The van der Waals surface area contributed by atoms with Crippen molar-refractivity contribution < 1.29 is 9.50 Å². The Balaban J connectivity index is 1.84. The summed E-state index contributed by atoms with van der Waals surface area (Å²) in [6, 6.07) is 6.92. The summed E-state index contributed by atoms with van der Waals surface area (Å²) in [6.45, 7) is 0.436. The fourth-order valence-electron chi connectivity index (χ4n) is 2.62. The van der Waals surface area contributed by atoms with Crippen LogP contribution in [0.1, 0.15) is 50.2 Å². The first-order valence-electron chi connectivity index (χ1n) is 6.93. The lowest BCUT2D eigenvalue weighted by Crippen LogP contribution is -2.32. The number of hydrogen-bond acceptors (Lipinski definition) is 2. The van der Waals surface area contributed by atoms with Gasteiger partial charge in [0.2, 0.25) is 0 Å². The molecule has 1 aromatic rings. The van der Waals surface area contributed by atoms with Gasteiger partial charge in [-0.1, -0.05) is 43.9 Å². The Labute approximate surface area is 108 Å². The number of nitrogens with one attached hydrogen (secondary N) is 1. The summed E-state index contributed by atoms with van der Waals surface area (Å²) in [4.78, 5) is 0. The highest BCUT2D eigenvalue weighted by Gasteiger charge is 2.16. The van der Waals surface area contributed by atoms with Crippen molar-refractivity contribution in [3.05, 3.63) is 35.6 Å². The van der Waals surface area contributed by atoms with Gasteiger partial charge in [0, 0.05) is 18.2 Å². The molecule has 1 aliphatic rings. The van der Waals surface area contributed by atoms with Crippen LogP contribution in [0.4, 0.5) is 4.39 Å². The number of halogens is 1. The third-order valence-corrected chi connectivity index (χ3v) is 3.72. The van der Waals surface area contributed by atoms with E-state index in [1.165, 1.54) is 44.6 Å². The van der Waals surface area contributed by atoms with E-state index < -0.39 is 6.10 Å². The van der Waals surface area contributed by atoms with Crippen LogP contribution in [0.2, 0.25) is 0 Å². The molecule has 2 N–H and O–H groups in total. The van der Waals surface area contributed by atoms with Gasteiger partial charge in [0.15, 0.2) is 0 Å². The van der Waals surface area contributed by atoms with E-state index in [1.54, 1.807) is 18.2 Å². The number of aliphatic hydroxyl groups is 1. The van der Waals surface area contributed by atoms with Crippen molar-refractivity contribution in [1.82, 2.24) is 5.32 Å². The number of aliphatic hydroxyl groups excluding tert-OH is 1. The Kier molecular flexibility index (Phi) is 5.14. The van der Waals surface area contributed by atoms with Crippen LogP contribution in [0.25, 0.3) is 0 Å². The predicted molar refractivity (Wildman–Crippen MR) is 70.9 cm³/mol. The molecule has 0 unspecified atom stereocenters. The summed E-state index contributed by atoms with van der Waals surface area (Å²) in [6.07, 6.45) is 6.73. The number of benzene rings is 1. The molecule has 1 saturated carbocycles. The second kappa shape index (κ2) is 6.86. The molecule has 0 aliphatic heterocycles. The van der Waals surface area contributed by atoms with Crippen molar-refractivity contribution in [2.45, 2.75) is 50.7 Å². The molecule has 18 heavy (non-hydrogen) atoms. The summed E-state index contributed by atoms with van der Waals surface area (Å²) in [5.41, 5.74) is 0.388. The van der Waals surface area contributed by atoms with Crippen LogP contribution in [0, 0.1) is 5.82 Å². The van der Waals surface area contributed by atoms with Crippen LogP contribution in [-0.4, -0.2) is 17.7 Å². The zero-order valence-corrected chi connectivity index (χ0v) is 10.7. The van der Waals surface area contributed by atoms with Crippen molar-refractivity contribution in [1.29, 1.82) is 0 Å². The molecule has 0 amide bonds. The molecule has 100 valence electrons. The predicted octanol–water partition coefficient (Wildman–Crippen LogP) is 3.17. The van der Waals surface area contributed by atoms with Crippen LogP contribution >= 0.6 is 0 Å². The van der Waals surface area contributed by atoms with Crippen molar-refractivity contribution in [3.8, 4) is 0 Å². The first-order valence-corrected chi connectivity index (χ1v) is 6.93. The smallest absolute Gasteiger partial charge is 0.129 e. The zero-order chi connectivity index (χ0) is 12.8. The molecule has 1 aliphatic carbocycles. The summed E-state index contributed by atoms with van der Waals surface area (Å²) in [5, 5.41) is 13.4. The van der Waals surface area contributed by atoms with Gasteiger partial charge in [-0.3, -0.25) is 0 Å². The maximum absolute atomic E-state index is 13.5. The molecule has 2 nitrogen and oxygen atoms in total. The van der Waals surface area contributed by atoms with Gasteiger partial charge in [0.05, 0.1) is 6.10 Å². The maximum atomic E-state index is 13.5. The molecule has 0 aromatic heterocycles. The standard InChI is InChI=1S/C15H22FNO/c16-14-10-6-5-9-13(14)15(18)11-17-12-7-3-1-2-4-8-12/h5-6,9-10,12,15,17-18H,1-4,7-8,11H2/t15-/m1/s1. The van der Waals surface area contributed by atoms with Crippen molar-refractivity contribution >= 4 is 0 Å². The highest BCUT2D eigenvalue weighted by molar-refractivity contribution is 5.19. The fourth-order valence-corrected chi connectivity index (χ4v) is 2.62. The molecule has 0 heterocycles. The van der Waals surface area contributed by atoms with E-state index in [0.29, 0.717) is 18.2 Å². The average molecular weight is 251 g/mol. The van der Waals surface area contributed by atoms with Gasteiger partial charge in [-0.05, 0) is 18.9 Å². The second-order valence-corrected chi connectivity index (χ2v) is 5.13. The topological polar surface area (TPSA) is 32.3 Å². The summed E-state index contributed by atoms with van der Waals surface area (Å²) >= 11 is 0. The minimum atomic E-state index is -0.755. The maximum Gasteiger partial charge on any atom is 0.129 e. The van der Waals surface area contributed by atoms with Gasteiger partial charge in [-0.25, -0.2) is 4.39 Å². The van der Waals surface area contributed by atoms with Gasteiger partial charge < -0.3 is 10.4 Å². The highest BCUT2D eigenvalue weighted by atomic mass is 19.1. The SMILES string of the molecule is O[C@H](CNC1CCCCCC1)c1ccccc1F. The van der Waals surface area contributed by atoms with E-state index in [9.17, 15) is 9.50 Å². The van der Waals surface area contributed by atoms with Crippen molar-refractivity contribution in [3.63, 3.8) is 0 Å². The molecule has 1 fully saturated rings. The average Bonchev–Trinajstić information content (AvgIpc) is 2.65. The van der Waals surface area contributed by atoms with Crippen LogP contribution < -0.4 is 5.32 Å². The first kappa shape index (κ1) is 13.5. The Bertz CT molecular complexity index is 361. The lowest BCUT2D eigenvalue weighted by atomic mass is 10.1. The lowest BCUT2D eigenvalue weighted by Gasteiger charge is -2.19. The zero-order valence-electron chi connectivity index (χ0n) is 10.7. The first-order chi connectivity index (χ1) is 8.77. The van der Waals surface area contributed by atoms with Gasteiger partial charge in [-0.15, -0.1) is 0 Å². The molecule has 2 rings (SSSR count). The normalized spacial score (nSPS) is 19.4. The van der Waals surface area contributed by atoms with E-state index in [-0.39, 0.29) is 5.82 Å². The fraction of sp³-hybridized carbons (Fsp3) is 0.600. The molecule has 3 heteroatoms. The quantitative estimate of drug-likeness (QED) is 0.806. The van der Waals surface area contributed by atoms with Crippen LogP contribution in [0.5, 0.6) is 0 Å². The molecular formula is C15H22FNO. The van der Waals surface area contributed by atoms with E-state index in [2.05, 4.69) is 5.32 Å². The Morgan fingerprint density at radius 2 is 1.83 bits per heavy atom. The molecular weight excluding hydrogens is 229 g/mol. The van der Waals surface area contributed by atoms with Crippen molar-refractivity contribution in [2.75, 3.05) is 6.54 Å². The summed E-state index contributed by atoms with van der Waals surface area (Å²) < 4.78 is 13.5. The van der Waals surface area contributed by atoms with Crippen molar-refractivity contribution in [2.24, 2.45) is 0 Å². The van der Waals surface area contributed by atoms with E-state index >= 15 is 0 Å². The molecule has 0 spiro atoms. The number of hydrogen-bond donors (Lipinski definition) is 2. The molecule has 0 bridgehead atoms. The third kappa shape index (κ3) is 3.79. The Morgan fingerprint density at radius 3 is 2.50 bits per heavy atom. The molecule has 1 atom stereocenters. The lowest BCUT2D eigenvalue weighted by molar-refractivity contribution is 0.164. The van der Waals surface area contributed by atoms with Gasteiger partial charge in [-0.2, -0.15) is 0 Å². The van der Waals surface area contributed by atoms with E-state index in [1.807, 2.05) is 0 Å². The third-order valence-electron chi connectivity index (χ3n) is 3.72. The van der Waals surface area contributed by atoms with E-state index in [4.69, 9.17) is 0 Å². The second-order valence-electron chi connectivity index (χ2n) is 5.13. The summed E-state index contributed by atoms with van der Waals surface area (Å²) in [5.74, 6) is -0.326. The Hall–Kier alpha value is -0.930. The Morgan fingerprint density at radius 1 is 1.17 bits per heavy atom. The summed E-state index contributed by atoms with van der Waals surface area (Å²) in [7, 11) is 0. The van der Waals surface area contributed by atoms with Gasteiger partial charge >= 0.3 is 0 Å². The van der Waals surface area contributed by atoms with Gasteiger partial charge in [0.1, 0.15) is 5.82 Å². The largest absolute Gasteiger partial charge is 0.387 e. The monoisotopic (exact) mass is 251 g/mol. The van der Waals surface area contributed by atoms with Crippen LogP contribution in [-0.2, 0) is 0 Å².